The summed E-state index contributed by atoms with van der Waals surface area (Å²) in [5, 5.41) is 8.94. The molecular weight excluding hydrogens is 223 g/mol. The van der Waals surface area contributed by atoms with Gasteiger partial charge in [-0.1, -0.05) is 6.42 Å². The molecule has 0 radical (unpaired) electrons. The molecule has 1 aliphatic heterocycles. The van der Waals surface area contributed by atoms with E-state index in [-0.39, 0.29) is 0 Å². The number of alkyl halides is 3. The van der Waals surface area contributed by atoms with Gasteiger partial charge in [0.25, 0.3) is 0 Å². The highest BCUT2D eigenvalue weighted by Gasteiger charge is 2.37. The number of carboxylic acid groups (broad SMARTS) is 1. The van der Waals surface area contributed by atoms with Crippen molar-refractivity contribution in [3.8, 4) is 0 Å². The molecule has 16 heavy (non-hydrogen) atoms. The van der Waals surface area contributed by atoms with E-state index in [4.69, 9.17) is 5.11 Å². The maximum absolute atomic E-state index is 12.3. The van der Waals surface area contributed by atoms with Crippen molar-refractivity contribution in [2.75, 3.05) is 13.1 Å². The first-order valence-corrected chi connectivity index (χ1v) is 5.35. The highest BCUT2D eigenvalue weighted by atomic mass is 19.4. The lowest BCUT2D eigenvalue weighted by molar-refractivity contribution is -0.158. The number of hydrogen-bond acceptors (Lipinski definition) is 2. The molecule has 94 valence electrons. The maximum Gasteiger partial charge on any atom is 0.401 e. The molecule has 1 N–H and O–H groups in total. The van der Waals surface area contributed by atoms with Gasteiger partial charge in [0.05, 0.1) is 12.5 Å². The third-order valence-corrected chi connectivity index (χ3v) is 3.07. The predicted molar refractivity (Wildman–Crippen MR) is 52.1 cm³/mol. The van der Waals surface area contributed by atoms with Crippen LogP contribution in [0.5, 0.6) is 0 Å². The molecule has 0 bridgehead atoms. The Hall–Kier alpha value is -0.780. The van der Waals surface area contributed by atoms with E-state index in [0.717, 1.165) is 0 Å². The maximum atomic E-state index is 12.3. The molecule has 0 spiro atoms. The standard InChI is InChI=1S/C10H16F3NO2/c1-7-8(9(15)16)4-2-3-5-14(7)6-10(11,12)13/h7-8H,2-6H2,1H3,(H,15,16)/t7-,8+/m1/s1. The minimum Gasteiger partial charge on any atom is -0.481 e. The van der Waals surface area contributed by atoms with Crippen LogP contribution in [0.25, 0.3) is 0 Å². The second kappa shape index (κ2) is 5.03. The van der Waals surface area contributed by atoms with Crippen molar-refractivity contribution in [2.24, 2.45) is 5.92 Å². The van der Waals surface area contributed by atoms with Crippen LogP contribution in [-0.4, -0.2) is 41.3 Å². The normalized spacial score (nSPS) is 28.8. The highest BCUT2D eigenvalue weighted by Crippen LogP contribution is 2.26. The molecule has 0 aromatic heterocycles. The summed E-state index contributed by atoms with van der Waals surface area (Å²) in [5.41, 5.74) is 0. The summed E-state index contributed by atoms with van der Waals surface area (Å²) in [6.45, 7) is 0.873. The number of carboxylic acids is 1. The summed E-state index contributed by atoms with van der Waals surface area (Å²) in [4.78, 5) is 12.1. The van der Waals surface area contributed by atoms with E-state index >= 15 is 0 Å². The Morgan fingerprint density at radius 2 is 2.06 bits per heavy atom. The number of carbonyl (C=O) groups is 1. The Labute approximate surface area is 92.2 Å². The average Bonchev–Trinajstić information content (AvgIpc) is 2.27. The highest BCUT2D eigenvalue weighted by molar-refractivity contribution is 5.70. The Kier molecular flexibility index (Phi) is 4.18. The summed E-state index contributed by atoms with van der Waals surface area (Å²) >= 11 is 0. The Bertz CT molecular complexity index is 255. The summed E-state index contributed by atoms with van der Waals surface area (Å²) in [7, 11) is 0. The first kappa shape index (κ1) is 13.3. The van der Waals surface area contributed by atoms with Crippen LogP contribution in [0.1, 0.15) is 26.2 Å². The van der Waals surface area contributed by atoms with Gasteiger partial charge in [-0.2, -0.15) is 13.2 Å². The second-order valence-electron chi connectivity index (χ2n) is 4.27. The monoisotopic (exact) mass is 239 g/mol. The van der Waals surface area contributed by atoms with Crippen molar-refractivity contribution >= 4 is 5.97 Å². The molecule has 1 rings (SSSR count). The number of nitrogens with zero attached hydrogens (tertiary/aromatic N) is 1. The van der Waals surface area contributed by atoms with E-state index in [2.05, 4.69) is 0 Å². The number of rotatable bonds is 2. The van der Waals surface area contributed by atoms with Gasteiger partial charge in [-0.15, -0.1) is 0 Å². The number of hydrogen-bond donors (Lipinski definition) is 1. The van der Waals surface area contributed by atoms with Gasteiger partial charge < -0.3 is 5.11 Å². The van der Waals surface area contributed by atoms with Crippen molar-refractivity contribution in [1.29, 1.82) is 0 Å². The zero-order valence-corrected chi connectivity index (χ0v) is 9.13. The third-order valence-electron chi connectivity index (χ3n) is 3.07. The lowest BCUT2D eigenvalue weighted by Gasteiger charge is -2.30. The van der Waals surface area contributed by atoms with Crippen LogP contribution in [0, 0.1) is 5.92 Å². The predicted octanol–water partition coefficient (Wildman–Crippen LogP) is 2.12. The van der Waals surface area contributed by atoms with Crippen molar-refractivity contribution in [3.05, 3.63) is 0 Å². The van der Waals surface area contributed by atoms with Gasteiger partial charge in [-0.25, -0.2) is 0 Å². The fourth-order valence-corrected chi connectivity index (χ4v) is 2.16. The van der Waals surface area contributed by atoms with Gasteiger partial charge in [0, 0.05) is 6.04 Å². The Morgan fingerprint density at radius 3 is 2.56 bits per heavy atom. The number of halogens is 3. The van der Waals surface area contributed by atoms with Gasteiger partial charge in [0.15, 0.2) is 0 Å². The Balaban J connectivity index is 2.71. The smallest absolute Gasteiger partial charge is 0.401 e. The van der Waals surface area contributed by atoms with Crippen LogP contribution >= 0.6 is 0 Å². The first-order valence-electron chi connectivity index (χ1n) is 5.35. The molecule has 3 nitrogen and oxygen atoms in total. The molecule has 6 heteroatoms. The van der Waals surface area contributed by atoms with E-state index < -0.39 is 30.7 Å². The molecule has 0 saturated carbocycles. The van der Waals surface area contributed by atoms with Crippen LogP contribution in [0.2, 0.25) is 0 Å². The molecule has 1 saturated heterocycles. The summed E-state index contributed by atoms with van der Waals surface area (Å²) in [5.74, 6) is -1.69. The van der Waals surface area contributed by atoms with Gasteiger partial charge >= 0.3 is 12.1 Å². The van der Waals surface area contributed by atoms with Crippen LogP contribution in [-0.2, 0) is 4.79 Å². The van der Waals surface area contributed by atoms with Crippen molar-refractivity contribution in [3.63, 3.8) is 0 Å². The van der Waals surface area contributed by atoms with Crippen LogP contribution in [0.15, 0.2) is 0 Å². The zero-order valence-electron chi connectivity index (χ0n) is 9.13. The number of aliphatic carboxylic acids is 1. The topological polar surface area (TPSA) is 40.5 Å². The minimum atomic E-state index is -4.26. The molecular formula is C10H16F3NO2. The molecule has 1 fully saturated rings. The fraction of sp³-hybridized carbons (Fsp3) is 0.900. The number of likely N-dealkylation sites (tertiary alicyclic amines) is 1. The van der Waals surface area contributed by atoms with Crippen molar-refractivity contribution in [1.82, 2.24) is 4.90 Å². The quantitative estimate of drug-likeness (QED) is 0.802. The lowest BCUT2D eigenvalue weighted by Crippen LogP contribution is -2.45. The molecule has 1 heterocycles. The summed E-state index contributed by atoms with van der Waals surface area (Å²) in [6.07, 6.45) is -2.49. The van der Waals surface area contributed by atoms with Gasteiger partial charge in [-0.3, -0.25) is 9.69 Å². The van der Waals surface area contributed by atoms with Gasteiger partial charge in [0.1, 0.15) is 0 Å². The Morgan fingerprint density at radius 1 is 1.44 bits per heavy atom. The van der Waals surface area contributed by atoms with Crippen LogP contribution < -0.4 is 0 Å². The van der Waals surface area contributed by atoms with E-state index in [1.165, 1.54) is 4.90 Å². The minimum absolute atomic E-state index is 0.324. The molecule has 0 unspecified atom stereocenters. The van der Waals surface area contributed by atoms with Crippen molar-refractivity contribution < 1.29 is 23.1 Å². The van der Waals surface area contributed by atoms with E-state index in [0.29, 0.717) is 25.8 Å². The first-order chi connectivity index (χ1) is 7.31. The van der Waals surface area contributed by atoms with Crippen LogP contribution in [0.4, 0.5) is 13.2 Å². The van der Waals surface area contributed by atoms with E-state index in [1.54, 1.807) is 6.92 Å². The zero-order chi connectivity index (χ0) is 12.3. The largest absolute Gasteiger partial charge is 0.481 e. The van der Waals surface area contributed by atoms with E-state index in [9.17, 15) is 18.0 Å². The molecule has 0 amide bonds. The van der Waals surface area contributed by atoms with Crippen molar-refractivity contribution in [2.45, 2.75) is 38.4 Å². The lowest BCUT2D eigenvalue weighted by atomic mass is 9.96. The van der Waals surface area contributed by atoms with Crippen LogP contribution in [0.3, 0.4) is 0 Å². The third kappa shape index (κ3) is 3.66. The molecule has 0 aromatic rings. The molecule has 0 aliphatic carbocycles. The fourth-order valence-electron chi connectivity index (χ4n) is 2.16. The molecule has 1 aliphatic rings. The van der Waals surface area contributed by atoms with Gasteiger partial charge in [0.2, 0.25) is 0 Å². The molecule has 2 atom stereocenters. The van der Waals surface area contributed by atoms with Gasteiger partial charge in [-0.05, 0) is 26.3 Å². The summed E-state index contributed by atoms with van der Waals surface area (Å²) < 4.78 is 36.9. The summed E-state index contributed by atoms with van der Waals surface area (Å²) in [6, 6.07) is -0.554. The van der Waals surface area contributed by atoms with E-state index in [1.807, 2.05) is 0 Å². The SMILES string of the molecule is C[C@@H]1[C@@H](C(=O)O)CCCCN1CC(F)(F)F. The second-order valence-corrected chi connectivity index (χ2v) is 4.27. The average molecular weight is 239 g/mol. The molecule has 0 aromatic carbocycles.